The first-order valence-corrected chi connectivity index (χ1v) is 8.71. The van der Waals surface area contributed by atoms with Crippen molar-refractivity contribution >= 4 is 22.1 Å². The second kappa shape index (κ2) is 8.73. The van der Waals surface area contributed by atoms with Crippen LogP contribution >= 0.6 is 0 Å². The summed E-state index contributed by atoms with van der Waals surface area (Å²) in [5.41, 5.74) is 0.106. The molecule has 1 atom stereocenters. The van der Waals surface area contributed by atoms with Gasteiger partial charge in [-0.15, -0.1) is 0 Å². The zero-order chi connectivity index (χ0) is 22.6. The van der Waals surface area contributed by atoms with Gasteiger partial charge < -0.3 is 14.2 Å². The molecule has 0 fully saturated rings. The lowest BCUT2D eigenvalue weighted by Gasteiger charge is -2.25. The summed E-state index contributed by atoms with van der Waals surface area (Å²) in [4.78, 5) is 22.7. The molecule has 29 heavy (non-hydrogen) atoms. The third-order valence-electron chi connectivity index (χ3n) is 2.94. The zero-order valence-corrected chi connectivity index (χ0v) is 15.2. The Kier molecular flexibility index (Phi) is 7.32. The van der Waals surface area contributed by atoms with Crippen LogP contribution in [0.5, 0.6) is 11.5 Å². The highest BCUT2D eigenvalue weighted by atomic mass is 32.2. The molecule has 0 saturated carbocycles. The van der Waals surface area contributed by atoms with Gasteiger partial charge in [-0.2, -0.15) is 30.4 Å². The maximum Gasteiger partial charge on any atom is 0.432 e. The molecule has 1 aromatic rings. The fraction of sp³-hybridized carbons (Fsp3) is 0.333. The van der Waals surface area contributed by atoms with Crippen LogP contribution in [0.3, 0.4) is 0 Å². The summed E-state index contributed by atoms with van der Waals surface area (Å²) < 4.78 is 107. The number of halogens is 5. The minimum Gasteiger partial charge on any atom is -0.482 e. The maximum atomic E-state index is 13.3. The lowest BCUT2D eigenvalue weighted by Crippen LogP contribution is -2.52. The molecule has 0 saturated heterocycles. The molecule has 1 rings (SSSR count). The van der Waals surface area contributed by atoms with Crippen molar-refractivity contribution < 1.29 is 58.7 Å². The van der Waals surface area contributed by atoms with E-state index in [9.17, 15) is 40.0 Å². The second-order valence-electron chi connectivity index (χ2n) is 5.38. The molecule has 0 spiro atoms. The Hall–Kier alpha value is -2.74. The SMILES string of the molecule is C=C(C)C(=O)Oc1ccc(OCC(=O)OC(C(F)(F)F)C(F)(F)S(=O)(=O)O)cc1. The van der Waals surface area contributed by atoms with E-state index in [-0.39, 0.29) is 17.1 Å². The minimum absolute atomic E-state index is 0.0397. The molecule has 0 bridgehead atoms. The summed E-state index contributed by atoms with van der Waals surface area (Å²) in [7, 11) is -6.54. The Bertz CT molecular complexity index is 877. The Morgan fingerprint density at radius 2 is 1.59 bits per heavy atom. The van der Waals surface area contributed by atoms with Crippen molar-refractivity contribution in [3.05, 3.63) is 36.4 Å². The van der Waals surface area contributed by atoms with Crippen molar-refractivity contribution in [3.63, 3.8) is 0 Å². The third-order valence-corrected chi connectivity index (χ3v) is 3.84. The van der Waals surface area contributed by atoms with Crippen LogP contribution in [0.15, 0.2) is 36.4 Å². The molecular formula is C15H13F5O8S. The molecule has 1 aromatic carbocycles. The quantitative estimate of drug-likeness (QED) is 0.212. The lowest BCUT2D eigenvalue weighted by atomic mass is 10.3. The van der Waals surface area contributed by atoms with E-state index in [1.165, 1.54) is 19.1 Å². The highest BCUT2D eigenvalue weighted by Gasteiger charge is 2.66. The summed E-state index contributed by atoms with van der Waals surface area (Å²) in [6, 6.07) is 4.63. The van der Waals surface area contributed by atoms with Gasteiger partial charge in [0.2, 0.25) is 0 Å². The smallest absolute Gasteiger partial charge is 0.432 e. The molecular weight excluding hydrogens is 435 g/mol. The van der Waals surface area contributed by atoms with Crippen LogP contribution in [0.25, 0.3) is 0 Å². The van der Waals surface area contributed by atoms with Gasteiger partial charge in [0, 0.05) is 5.57 Å². The lowest BCUT2D eigenvalue weighted by molar-refractivity contribution is -0.259. The monoisotopic (exact) mass is 448 g/mol. The first kappa shape index (κ1) is 24.3. The number of alkyl halides is 5. The standard InChI is InChI=1S/C15H13F5O8S/c1-8(2)12(22)27-10-5-3-9(4-6-10)26-7-11(21)28-13(14(16,17)18)15(19,20)29(23,24)25/h3-6,13H,1,7H2,2H3,(H,23,24,25). The van der Waals surface area contributed by atoms with Crippen LogP contribution in [0, 0.1) is 0 Å². The van der Waals surface area contributed by atoms with Gasteiger partial charge in [-0.1, -0.05) is 6.58 Å². The number of carbonyl (C=O) groups is 2. The average Bonchev–Trinajstić information content (AvgIpc) is 2.56. The zero-order valence-electron chi connectivity index (χ0n) is 14.4. The number of carbonyl (C=O) groups excluding carboxylic acids is 2. The fourth-order valence-electron chi connectivity index (χ4n) is 1.57. The van der Waals surface area contributed by atoms with E-state index in [0.717, 1.165) is 12.1 Å². The van der Waals surface area contributed by atoms with E-state index >= 15 is 0 Å². The molecule has 0 aliphatic carbocycles. The number of benzene rings is 1. The normalized spacial score (nSPS) is 13.3. The summed E-state index contributed by atoms with van der Waals surface area (Å²) >= 11 is 0. The molecule has 0 radical (unpaired) electrons. The molecule has 1 N–H and O–H groups in total. The Morgan fingerprint density at radius 3 is 2.00 bits per heavy atom. The van der Waals surface area contributed by atoms with Crippen LogP contribution < -0.4 is 9.47 Å². The van der Waals surface area contributed by atoms with Gasteiger partial charge in [-0.25, -0.2) is 9.59 Å². The largest absolute Gasteiger partial charge is 0.482 e. The molecule has 0 aliphatic rings. The van der Waals surface area contributed by atoms with Crippen molar-refractivity contribution in [3.8, 4) is 11.5 Å². The van der Waals surface area contributed by atoms with E-state index in [1.807, 2.05) is 0 Å². The fourth-order valence-corrected chi connectivity index (χ4v) is 2.02. The Labute approximate surface area is 160 Å². The van der Waals surface area contributed by atoms with Gasteiger partial charge >= 0.3 is 33.5 Å². The van der Waals surface area contributed by atoms with Crippen molar-refractivity contribution in [1.29, 1.82) is 0 Å². The van der Waals surface area contributed by atoms with Gasteiger partial charge in [0.1, 0.15) is 11.5 Å². The summed E-state index contributed by atoms with van der Waals surface area (Å²) in [6.45, 7) is 3.44. The molecule has 0 aromatic heterocycles. The number of hydrogen-bond acceptors (Lipinski definition) is 7. The van der Waals surface area contributed by atoms with Crippen LogP contribution in [0.4, 0.5) is 22.0 Å². The topological polar surface area (TPSA) is 116 Å². The third kappa shape index (κ3) is 6.67. The van der Waals surface area contributed by atoms with Gasteiger partial charge in [0.25, 0.3) is 6.10 Å². The van der Waals surface area contributed by atoms with Crippen LogP contribution in [-0.2, 0) is 24.4 Å². The summed E-state index contributed by atoms with van der Waals surface area (Å²) in [6.07, 6.45) is -10.5. The molecule has 0 aliphatic heterocycles. The number of rotatable bonds is 8. The van der Waals surface area contributed by atoms with Gasteiger partial charge in [0.05, 0.1) is 0 Å². The number of esters is 2. The first-order chi connectivity index (χ1) is 13.1. The van der Waals surface area contributed by atoms with Crippen molar-refractivity contribution in [1.82, 2.24) is 0 Å². The highest BCUT2D eigenvalue weighted by molar-refractivity contribution is 7.86. The predicted molar refractivity (Wildman–Crippen MR) is 84.8 cm³/mol. The van der Waals surface area contributed by atoms with Crippen LogP contribution in [-0.4, -0.2) is 49.1 Å². The molecule has 1 unspecified atom stereocenters. The van der Waals surface area contributed by atoms with Crippen molar-refractivity contribution in [2.45, 2.75) is 24.5 Å². The van der Waals surface area contributed by atoms with E-state index in [2.05, 4.69) is 11.3 Å². The van der Waals surface area contributed by atoms with Crippen molar-refractivity contribution in [2.24, 2.45) is 0 Å². The highest BCUT2D eigenvalue weighted by Crippen LogP contribution is 2.38. The van der Waals surface area contributed by atoms with Gasteiger partial charge in [-0.05, 0) is 31.2 Å². The second-order valence-corrected chi connectivity index (χ2v) is 6.87. The summed E-state index contributed by atoms with van der Waals surface area (Å²) in [5, 5.41) is -5.84. The first-order valence-electron chi connectivity index (χ1n) is 7.27. The van der Waals surface area contributed by atoms with Crippen LogP contribution in [0.2, 0.25) is 0 Å². The number of hydrogen-bond donors (Lipinski definition) is 1. The Morgan fingerprint density at radius 1 is 1.10 bits per heavy atom. The molecule has 0 amide bonds. The van der Waals surface area contributed by atoms with E-state index < -0.39 is 46.2 Å². The van der Waals surface area contributed by atoms with E-state index in [1.54, 1.807) is 0 Å². The predicted octanol–water partition coefficient (Wildman–Crippen LogP) is 2.50. The minimum atomic E-state index is -6.54. The molecule has 162 valence electrons. The van der Waals surface area contributed by atoms with E-state index in [4.69, 9.17) is 14.0 Å². The summed E-state index contributed by atoms with van der Waals surface area (Å²) in [5.74, 6) is -2.84. The average molecular weight is 448 g/mol. The Balaban J connectivity index is 2.78. The maximum absolute atomic E-state index is 13.3. The van der Waals surface area contributed by atoms with Gasteiger partial charge in [0.15, 0.2) is 6.61 Å². The molecule has 14 heteroatoms. The number of ether oxygens (including phenoxy) is 3. The van der Waals surface area contributed by atoms with Crippen LogP contribution in [0.1, 0.15) is 6.92 Å². The van der Waals surface area contributed by atoms with Crippen molar-refractivity contribution in [2.75, 3.05) is 6.61 Å². The van der Waals surface area contributed by atoms with Gasteiger partial charge in [-0.3, -0.25) is 4.55 Å². The van der Waals surface area contributed by atoms with E-state index in [0.29, 0.717) is 0 Å². The molecule has 0 heterocycles. The molecule has 8 nitrogen and oxygen atoms in total.